The summed E-state index contributed by atoms with van der Waals surface area (Å²) in [6.07, 6.45) is 2.42. The van der Waals surface area contributed by atoms with Gasteiger partial charge in [0.05, 0.1) is 35.9 Å². The van der Waals surface area contributed by atoms with Crippen LogP contribution in [0.15, 0.2) is 64.2 Å². The number of benzene rings is 3. The van der Waals surface area contributed by atoms with Crippen molar-refractivity contribution in [2.75, 3.05) is 25.7 Å². The van der Waals surface area contributed by atoms with Gasteiger partial charge in [0, 0.05) is 24.6 Å². The number of esters is 1. The quantitative estimate of drug-likeness (QED) is 0.297. The first-order valence-corrected chi connectivity index (χ1v) is 14.4. The Hall–Kier alpha value is -4.51. The van der Waals surface area contributed by atoms with Crippen LogP contribution in [0.3, 0.4) is 0 Å². The number of methoxy groups -OCH3 is 1. The number of hydrogen-bond donors (Lipinski definition) is 2. The molecule has 3 aromatic carbocycles. The largest absolute Gasteiger partial charge is 0.496 e. The summed E-state index contributed by atoms with van der Waals surface area (Å²) in [5, 5.41) is 3.69. The second-order valence-corrected chi connectivity index (χ2v) is 10.9. The maximum atomic E-state index is 14.4. The molecule has 1 aliphatic heterocycles. The van der Waals surface area contributed by atoms with Gasteiger partial charge in [-0.1, -0.05) is 12.1 Å². The van der Waals surface area contributed by atoms with E-state index < -0.39 is 28.9 Å². The summed E-state index contributed by atoms with van der Waals surface area (Å²) in [4.78, 5) is 40.0. The summed E-state index contributed by atoms with van der Waals surface area (Å²) >= 11 is 0. The van der Waals surface area contributed by atoms with Crippen molar-refractivity contribution < 1.29 is 23.0 Å². The Labute approximate surface area is 246 Å². The third kappa shape index (κ3) is 5.18. The molecule has 9 nitrogen and oxygen atoms in total. The zero-order valence-corrected chi connectivity index (χ0v) is 23.9. The molecule has 3 unspecified atom stereocenters. The first-order valence-electron chi connectivity index (χ1n) is 14.4. The van der Waals surface area contributed by atoms with Crippen molar-refractivity contribution in [3.63, 3.8) is 0 Å². The normalized spacial score (nSPS) is 19.1. The van der Waals surface area contributed by atoms with Crippen molar-refractivity contribution in [2.45, 2.75) is 44.7 Å². The molecule has 6 rings (SSSR count). The second kappa shape index (κ2) is 11.6. The maximum absolute atomic E-state index is 14.4. The Bertz CT molecular complexity index is 1840. The van der Waals surface area contributed by atoms with Crippen LogP contribution >= 0.6 is 0 Å². The van der Waals surface area contributed by atoms with Crippen LogP contribution in [0.1, 0.15) is 47.2 Å². The fraction of sp³-hybridized carbons (Fsp3) is 0.344. The minimum Gasteiger partial charge on any atom is -0.496 e. The minimum atomic E-state index is -0.776. The molecule has 3 atom stereocenters. The first-order chi connectivity index (χ1) is 20.8. The van der Waals surface area contributed by atoms with Crippen LogP contribution in [-0.4, -0.2) is 41.5 Å². The molecule has 1 aliphatic carbocycles. The molecule has 2 heterocycles. The molecule has 1 fully saturated rings. The van der Waals surface area contributed by atoms with Crippen LogP contribution in [0.4, 0.5) is 14.5 Å². The fourth-order valence-electron chi connectivity index (χ4n) is 6.62. The molecular weight excluding hydrogens is 558 g/mol. The predicted octanol–water partition coefficient (Wildman–Crippen LogP) is 4.21. The second-order valence-electron chi connectivity index (χ2n) is 10.9. The number of carbonyl (C=O) groups excluding carboxylic acids is 1. The number of aromatic nitrogens is 2. The van der Waals surface area contributed by atoms with E-state index in [1.54, 1.807) is 14.0 Å². The smallest absolute Gasteiger partial charge is 0.350 e. The van der Waals surface area contributed by atoms with E-state index in [4.69, 9.17) is 9.47 Å². The number of fused-ring (bicyclic) bond motifs is 4. The Morgan fingerprint density at radius 3 is 2.67 bits per heavy atom. The highest BCUT2D eigenvalue weighted by atomic mass is 19.1. The molecule has 11 heteroatoms. The molecular formula is C32H32F2N4O5. The monoisotopic (exact) mass is 590 g/mol. The van der Waals surface area contributed by atoms with Gasteiger partial charge in [-0.3, -0.25) is 14.8 Å². The van der Waals surface area contributed by atoms with Crippen LogP contribution in [0.25, 0.3) is 10.9 Å². The number of carbonyl (C=O) groups is 1. The number of hydrogen-bond acceptors (Lipinski definition) is 7. The Balaban J connectivity index is 1.38. The van der Waals surface area contributed by atoms with E-state index in [0.29, 0.717) is 12.3 Å². The lowest BCUT2D eigenvalue weighted by molar-refractivity contribution is 0.0527. The van der Waals surface area contributed by atoms with Gasteiger partial charge in [0.1, 0.15) is 17.4 Å². The SMILES string of the molecule is CCOC(=O)c1ccc(F)cc1Nn1c(=O)n(CCC2NCC3CCc4c(OC)cccc4C32)c(=O)c2ccc(F)cc21. The van der Waals surface area contributed by atoms with Crippen LogP contribution < -0.4 is 26.7 Å². The van der Waals surface area contributed by atoms with Crippen LogP contribution in [0.5, 0.6) is 5.75 Å². The Morgan fingerprint density at radius 2 is 1.88 bits per heavy atom. The lowest BCUT2D eigenvalue weighted by Gasteiger charge is -2.32. The van der Waals surface area contributed by atoms with Gasteiger partial charge in [-0.25, -0.2) is 23.0 Å². The summed E-state index contributed by atoms with van der Waals surface area (Å²) in [5.74, 6) is -0.575. The van der Waals surface area contributed by atoms with Crippen LogP contribution in [0.2, 0.25) is 0 Å². The van der Waals surface area contributed by atoms with E-state index in [1.807, 2.05) is 12.1 Å². The van der Waals surface area contributed by atoms with Gasteiger partial charge in [-0.05, 0) is 86.2 Å². The lowest BCUT2D eigenvalue weighted by atomic mass is 9.73. The predicted molar refractivity (Wildman–Crippen MR) is 158 cm³/mol. The lowest BCUT2D eigenvalue weighted by Crippen LogP contribution is -2.43. The molecule has 4 aromatic rings. The summed E-state index contributed by atoms with van der Waals surface area (Å²) < 4.78 is 41.4. The highest BCUT2D eigenvalue weighted by molar-refractivity contribution is 5.95. The van der Waals surface area contributed by atoms with Crippen molar-refractivity contribution in [3.05, 3.63) is 104 Å². The highest BCUT2D eigenvalue weighted by Gasteiger charge is 2.40. The van der Waals surface area contributed by atoms with Crippen molar-refractivity contribution in [2.24, 2.45) is 5.92 Å². The summed E-state index contributed by atoms with van der Waals surface area (Å²) in [6, 6.07) is 13.0. The molecule has 0 amide bonds. The van der Waals surface area contributed by atoms with Crippen molar-refractivity contribution >= 4 is 22.6 Å². The van der Waals surface area contributed by atoms with E-state index in [-0.39, 0.29) is 47.3 Å². The zero-order chi connectivity index (χ0) is 30.2. The molecule has 1 saturated heterocycles. The highest BCUT2D eigenvalue weighted by Crippen LogP contribution is 2.45. The number of rotatable bonds is 8. The molecule has 2 aliphatic rings. The Morgan fingerprint density at radius 1 is 1.09 bits per heavy atom. The standard InChI is InChI=1S/C32H32F2N4O5/c1-3-43-31(40)23-11-8-19(33)15-26(23)36-38-27-16-20(34)9-12-24(27)30(39)37(32(38)41)14-13-25-29-18(17-35-25)7-10-21-22(29)5-4-6-28(21)42-2/h4-6,8-9,11-12,15-16,18,25,29,35-36H,3,7,10,13-14,17H2,1-2H3. The van der Waals surface area contributed by atoms with Gasteiger partial charge in [-0.15, -0.1) is 0 Å². The van der Waals surface area contributed by atoms with Crippen molar-refractivity contribution in [1.82, 2.24) is 14.6 Å². The van der Waals surface area contributed by atoms with Gasteiger partial charge in [0.15, 0.2) is 0 Å². The average Bonchev–Trinajstić information content (AvgIpc) is 3.42. The van der Waals surface area contributed by atoms with E-state index in [9.17, 15) is 23.2 Å². The summed E-state index contributed by atoms with van der Waals surface area (Å²) in [6.45, 7) is 2.64. The third-order valence-electron chi connectivity index (χ3n) is 8.57. The van der Waals surface area contributed by atoms with Crippen molar-refractivity contribution in [1.29, 1.82) is 0 Å². The zero-order valence-electron chi connectivity index (χ0n) is 23.9. The van der Waals surface area contributed by atoms with Gasteiger partial charge >= 0.3 is 11.7 Å². The molecule has 2 N–H and O–H groups in total. The molecule has 0 radical (unpaired) electrons. The molecule has 0 spiro atoms. The fourth-order valence-corrected chi connectivity index (χ4v) is 6.62. The van der Waals surface area contributed by atoms with E-state index in [0.717, 1.165) is 58.6 Å². The average molecular weight is 591 g/mol. The van der Waals surface area contributed by atoms with Gasteiger partial charge < -0.3 is 14.8 Å². The number of anilines is 1. The number of nitrogens with zero attached hydrogens (tertiary/aromatic N) is 2. The number of nitrogens with one attached hydrogen (secondary N) is 2. The molecule has 0 saturated carbocycles. The van der Waals surface area contributed by atoms with E-state index >= 15 is 0 Å². The molecule has 43 heavy (non-hydrogen) atoms. The summed E-state index contributed by atoms with van der Waals surface area (Å²) in [7, 11) is 1.67. The van der Waals surface area contributed by atoms with Crippen molar-refractivity contribution in [3.8, 4) is 5.75 Å². The van der Waals surface area contributed by atoms with Gasteiger partial charge in [0.2, 0.25) is 0 Å². The van der Waals surface area contributed by atoms with Gasteiger partial charge in [0.25, 0.3) is 5.56 Å². The van der Waals surface area contributed by atoms with E-state index in [2.05, 4.69) is 16.8 Å². The first kappa shape index (κ1) is 28.6. The summed E-state index contributed by atoms with van der Waals surface area (Å²) in [5.41, 5.74) is 3.71. The number of ether oxygens (including phenoxy) is 2. The van der Waals surface area contributed by atoms with Crippen LogP contribution in [0, 0.1) is 17.6 Å². The topological polar surface area (TPSA) is 104 Å². The third-order valence-corrected chi connectivity index (χ3v) is 8.57. The van der Waals surface area contributed by atoms with Gasteiger partial charge in [-0.2, -0.15) is 0 Å². The molecule has 0 bridgehead atoms. The minimum absolute atomic E-state index is 0.00594. The van der Waals surface area contributed by atoms with E-state index in [1.165, 1.54) is 23.3 Å². The number of halogens is 2. The maximum Gasteiger partial charge on any atom is 0.350 e. The van der Waals surface area contributed by atoms with Crippen LogP contribution in [-0.2, 0) is 17.7 Å². The molecule has 224 valence electrons. The molecule has 1 aromatic heterocycles. The Kier molecular flexibility index (Phi) is 7.74.